The number of rotatable bonds is 4. The monoisotopic (exact) mass is 325 g/mol. The predicted octanol–water partition coefficient (Wildman–Crippen LogP) is 1.18. The number of para-hydroxylation sites is 1. The molecule has 0 aromatic heterocycles. The molecule has 2 heterocycles. The lowest BCUT2D eigenvalue weighted by molar-refractivity contribution is -0.120. The number of nitrogens with one attached hydrogen (secondary N) is 1. The number of hydrogen-bond donors (Lipinski definition) is 1. The first kappa shape index (κ1) is 15.3. The van der Waals surface area contributed by atoms with Crippen molar-refractivity contribution in [3.05, 3.63) is 29.8 Å². The maximum atomic E-state index is 12.3. The van der Waals surface area contributed by atoms with Crippen LogP contribution in [0.1, 0.15) is 30.7 Å². The molecule has 0 unspecified atom stereocenters. The molecule has 2 aliphatic heterocycles. The first-order valence-electron chi connectivity index (χ1n) is 7.43. The second-order valence-electron chi connectivity index (χ2n) is 5.64. The molecular weight excluding hydrogens is 306 g/mol. The zero-order valence-corrected chi connectivity index (χ0v) is 13.0. The van der Waals surface area contributed by atoms with Gasteiger partial charge in [0.05, 0.1) is 11.9 Å². The normalized spacial score (nSPS) is 24.4. The van der Waals surface area contributed by atoms with Gasteiger partial charge in [0.1, 0.15) is 18.3 Å². The molecule has 0 saturated carbocycles. The highest BCUT2D eigenvalue weighted by molar-refractivity contribution is 7.90. The largest absolute Gasteiger partial charge is 0.492 e. The first-order chi connectivity index (χ1) is 10.6. The average Bonchev–Trinajstić information content (AvgIpc) is 2.91. The number of fused-ring (bicyclic) bond motifs is 1. The second kappa shape index (κ2) is 6.26. The van der Waals surface area contributed by atoms with Crippen LogP contribution in [0, 0.1) is 0 Å². The van der Waals surface area contributed by atoms with E-state index in [1.54, 1.807) is 18.2 Å². The number of sulfonamides is 1. The summed E-state index contributed by atoms with van der Waals surface area (Å²) < 4.78 is 37.2. The molecule has 0 aliphatic carbocycles. The van der Waals surface area contributed by atoms with Gasteiger partial charge in [0, 0.05) is 12.2 Å². The fourth-order valence-corrected chi connectivity index (χ4v) is 4.11. The third kappa shape index (κ3) is 3.41. The number of carbonyl (C=O) groups excluding carboxylic acids is 1. The lowest BCUT2D eigenvalue weighted by Crippen LogP contribution is -2.40. The van der Waals surface area contributed by atoms with Crippen LogP contribution in [-0.4, -0.2) is 39.4 Å². The van der Waals surface area contributed by atoms with Crippen molar-refractivity contribution in [1.29, 1.82) is 0 Å². The minimum Gasteiger partial charge on any atom is -0.492 e. The van der Waals surface area contributed by atoms with Gasteiger partial charge < -0.3 is 9.47 Å². The number of carbonyl (C=O) groups is 1. The predicted molar refractivity (Wildman–Crippen MR) is 80.2 cm³/mol. The SMILES string of the molecule is O=C(NS(=O)(=O)C[C@H]1CCCCO1)[C@@H]1COc2ccccc21. The fourth-order valence-electron chi connectivity index (χ4n) is 2.83. The zero-order valence-electron chi connectivity index (χ0n) is 12.2. The maximum Gasteiger partial charge on any atom is 0.244 e. The minimum atomic E-state index is -3.70. The van der Waals surface area contributed by atoms with E-state index in [9.17, 15) is 13.2 Å². The van der Waals surface area contributed by atoms with Crippen LogP contribution in [0.15, 0.2) is 24.3 Å². The minimum absolute atomic E-state index is 0.167. The molecule has 22 heavy (non-hydrogen) atoms. The smallest absolute Gasteiger partial charge is 0.244 e. The van der Waals surface area contributed by atoms with Gasteiger partial charge in [-0.15, -0.1) is 0 Å². The van der Waals surface area contributed by atoms with Crippen LogP contribution in [0.3, 0.4) is 0 Å². The number of hydrogen-bond acceptors (Lipinski definition) is 5. The summed E-state index contributed by atoms with van der Waals surface area (Å²) in [5.74, 6) is -0.664. The van der Waals surface area contributed by atoms with Gasteiger partial charge in [-0.3, -0.25) is 9.52 Å². The molecule has 1 amide bonds. The Hall–Kier alpha value is -1.60. The molecule has 0 radical (unpaired) electrons. The third-order valence-corrected chi connectivity index (χ3v) is 5.27. The quantitative estimate of drug-likeness (QED) is 0.899. The topological polar surface area (TPSA) is 81.7 Å². The van der Waals surface area contributed by atoms with Gasteiger partial charge in [-0.1, -0.05) is 18.2 Å². The van der Waals surface area contributed by atoms with E-state index in [2.05, 4.69) is 4.72 Å². The second-order valence-corrected chi connectivity index (χ2v) is 7.40. The number of amides is 1. The molecule has 2 atom stereocenters. The van der Waals surface area contributed by atoms with Crippen molar-refractivity contribution in [1.82, 2.24) is 4.72 Å². The highest BCUT2D eigenvalue weighted by atomic mass is 32.2. The van der Waals surface area contributed by atoms with Gasteiger partial charge in [-0.2, -0.15) is 0 Å². The first-order valence-corrected chi connectivity index (χ1v) is 9.08. The van der Waals surface area contributed by atoms with Crippen molar-refractivity contribution >= 4 is 15.9 Å². The summed E-state index contributed by atoms with van der Waals surface area (Å²) in [5.41, 5.74) is 0.726. The van der Waals surface area contributed by atoms with E-state index in [1.807, 2.05) is 6.07 Å². The average molecular weight is 325 g/mol. The Morgan fingerprint density at radius 1 is 1.27 bits per heavy atom. The van der Waals surface area contributed by atoms with Crippen LogP contribution in [0.2, 0.25) is 0 Å². The third-order valence-electron chi connectivity index (χ3n) is 3.95. The van der Waals surface area contributed by atoms with Crippen molar-refractivity contribution in [3.63, 3.8) is 0 Å². The van der Waals surface area contributed by atoms with Gasteiger partial charge >= 0.3 is 0 Å². The molecule has 1 aromatic rings. The summed E-state index contributed by atoms with van der Waals surface area (Å²) in [5, 5.41) is 0. The van der Waals surface area contributed by atoms with Gasteiger partial charge in [0.2, 0.25) is 15.9 Å². The van der Waals surface area contributed by atoms with E-state index in [0.29, 0.717) is 18.8 Å². The fraction of sp³-hybridized carbons (Fsp3) is 0.533. The number of benzene rings is 1. The molecule has 7 heteroatoms. The molecule has 6 nitrogen and oxygen atoms in total. The Bertz CT molecular complexity index is 652. The van der Waals surface area contributed by atoms with Crippen LogP contribution in [-0.2, 0) is 19.6 Å². The zero-order chi connectivity index (χ0) is 15.6. The van der Waals surface area contributed by atoms with E-state index in [4.69, 9.17) is 9.47 Å². The summed E-state index contributed by atoms with van der Waals surface area (Å²) in [6.45, 7) is 0.749. The molecular formula is C15H19NO5S. The lowest BCUT2D eigenvalue weighted by atomic mass is 10.0. The van der Waals surface area contributed by atoms with Crippen molar-refractivity contribution in [2.45, 2.75) is 31.3 Å². The summed E-state index contributed by atoms with van der Waals surface area (Å²) in [6.07, 6.45) is 2.30. The highest BCUT2D eigenvalue weighted by Gasteiger charge is 2.33. The van der Waals surface area contributed by atoms with Crippen LogP contribution in [0.4, 0.5) is 0 Å². The molecule has 1 saturated heterocycles. The van der Waals surface area contributed by atoms with E-state index < -0.39 is 21.8 Å². The Morgan fingerprint density at radius 2 is 2.09 bits per heavy atom. The molecule has 1 N–H and O–H groups in total. The highest BCUT2D eigenvalue weighted by Crippen LogP contribution is 2.33. The van der Waals surface area contributed by atoms with Gasteiger partial charge in [0.15, 0.2) is 0 Å². The molecule has 2 aliphatic rings. The van der Waals surface area contributed by atoms with E-state index >= 15 is 0 Å². The summed E-state index contributed by atoms with van der Waals surface area (Å²) in [6, 6.07) is 7.17. The molecule has 3 rings (SSSR count). The summed E-state index contributed by atoms with van der Waals surface area (Å²) in [7, 11) is -3.70. The Balaban J connectivity index is 1.64. The molecule has 120 valence electrons. The lowest BCUT2D eigenvalue weighted by Gasteiger charge is -2.22. The van der Waals surface area contributed by atoms with Crippen molar-refractivity contribution in [3.8, 4) is 5.75 Å². The molecule has 0 bridgehead atoms. The van der Waals surface area contributed by atoms with E-state index in [0.717, 1.165) is 18.4 Å². The Morgan fingerprint density at radius 3 is 2.86 bits per heavy atom. The van der Waals surface area contributed by atoms with Crippen LogP contribution in [0.25, 0.3) is 0 Å². The maximum absolute atomic E-state index is 12.3. The van der Waals surface area contributed by atoms with Gasteiger partial charge in [0.25, 0.3) is 0 Å². The van der Waals surface area contributed by atoms with Crippen LogP contribution < -0.4 is 9.46 Å². The summed E-state index contributed by atoms with van der Waals surface area (Å²) >= 11 is 0. The van der Waals surface area contributed by atoms with Crippen molar-refractivity contribution < 1.29 is 22.7 Å². The standard InChI is InChI=1S/C15H19NO5S/c17-15(13-9-21-14-7-2-1-6-12(13)14)16-22(18,19)10-11-5-3-4-8-20-11/h1-2,6-7,11,13H,3-5,8-10H2,(H,16,17)/t11-,13-/m1/s1. The summed E-state index contributed by atoms with van der Waals surface area (Å²) in [4.78, 5) is 12.3. The van der Waals surface area contributed by atoms with Crippen molar-refractivity contribution in [2.75, 3.05) is 19.0 Å². The Labute approximate surface area is 129 Å². The van der Waals surface area contributed by atoms with Crippen LogP contribution >= 0.6 is 0 Å². The van der Waals surface area contributed by atoms with Crippen molar-refractivity contribution in [2.24, 2.45) is 0 Å². The Kier molecular flexibility index (Phi) is 4.35. The van der Waals surface area contributed by atoms with E-state index in [1.165, 1.54) is 0 Å². The van der Waals surface area contributed by atoms with E-state index in [-0.39, 0.29) is 18.5 Å². The number of ether oxygens (including phenoxy) is 2. The van der Waals surface area contributed by atoms with Crippen LogP contribution in [0.5, 0.6) is 5.75 Å². The molecule has 1 fully saturated rings. The molecule has 0 spiro atoms. The van der Waals surface area contributed by atoms with Gasteiger partial charge in [-0.05, 0) is 25.3 Å². The van der Waals surface area contributed by atoms with Gasteiger partial charge in [-0.25, -0.2) is 8.42 Å². The molecule has 1 aromatic carbocycles.